The number of esters is 3. The molecule has 0 aromatic rings. The van der Waals surface area contributed by atoms with Crippen LogP contribution in [0.5, 0.6) is 0 Å². The van der Waals surface area contributed by atoms with E-state index in [1.807, 2.05) is 0 Å². The number of hydrogen-bond donors (Lipinski definition) is 4. The summed E-state index contributed by atoms with van der Waals surface area (Å²) in [5, 5.41) is 20.7. The largest absolute Gasteiger partial charge is 0.472 e. The zero-order valence-corrected chi connectivity index (χ0v) is 77.9. The van der Waals surface area contributed by atoms with Gasteiger partial charge in [-0.2, -0.15) is 0 Å². The van der Waals surface area contributed by atoms with Gasteiger partial charge in [0.05, 0.1) is 26.4 Å². The minimum absolute atomic E-state index is 0.0615. The molecule has 121 heavy (non-hydrogen) atoms. The van der Waals surface area contributed by atoms with E-state index in [-0.39, 0.29) is 19.3 Å². The molecule has 0 aromatic carbocycles. The van der Waals surface area contributed by atoms with Crippen molar-refractivity contribution in [2.45, 2.75) is 399 Å². The van der Waals surface area contributed by atoms with Gasteiger partial charge in [0.1, 0.15) is 25.4 Å². The van der Waals surface area contributed by atoms with Crippen LogP contribution in [-0.2, 0) is 55.8 Å². The normalized spacial score (nSPS) is 14.6. The number of phosphoric acid groups is 2. The number of rotatable bonds is 89. The summed E-state index contributed by atoms with van der Waals surface area (Å²) < 4.78 is 61.5. The maximum atomic E-state index is 13.1. The molecule has 16 nitrogen and oxygen atoms in total. The molecule has 0 bridgehead atoms. The van der Waals surface area contributed by atoms with Crippen molar-refractivity contribution in [2.75, 3.05) is 39.6 Å². The lowest BCUT2D eigenvalue weighted by Gasteiger charge is -2.21. The number of unbranched alkanes of at least 4 members (excludes halogenated alkanes) is 34. The van der Waals surface area contributed by atoms with Gasteiger partial charge in [-0.3, -0.25) is 32.5 Å². The highest BCUT2D eigenvalue weighted by atomic mass is 31.2. The second-order valence-electron chi connectivity index (χ2n) is 31.4. The Balaban J connectivity index is 4.55. The third-order valence-electron chi connectivity index (χ3n) is 19.8. The molecule has 0 amide bonds. The van der Waals surface area contributed by atoms with Crippen LogP contribution >= 0.6 is 15.6 Å². The van der Waals surface area contributed by atoms with E-state index in [9.17, 15) is 43.5 Å². The minimum atomic E-state index is -4.95. The Labute approximate surface area is 737 Å². The van der Waals surface area contributed by atoms with Gasteiger partial charge >= 0.3 is 33.6 Å². The minimum Gasteiger partial charge on any atom is -0.463 e. The molecule has 18 heteroatoms. The van der Waals surface area contributed by atoms with Crippen molar-refractivity contribution in [3.8, 4) is 0 Å². The molecule has 0 heterocycles. The monoisotopic (exact) mass is 1730 g/mol. The van der Waals surface area contributed by atoms with Crippen molar-refractivity contribution in [1.82, 2.24) is 0 Å². The number of phosphoric ester groups is 2. The first-order valence-corrected chi connectivity index (χ1v) is 50.7. The van der Waals surface area contributed by atoms with E-state index in [2.05, 4.69) is 215 Å². The third kappa shape index (κ3) is 94.9. The summed E-state index contributed by atoms with van der Waals surface area (Å²) in [6.07, 6.45) is 125. The number of aliphatic hydroxyl groups is 2. The molecule has 0 saturated carbocycles. The molecule has 4 N–H and O–H groups in total. The van der Waals surface area contributed by atoms with Gasteiger partial charge in [-0.25, -0.2) is 9.13 Å². The van der Waals surface area contributed by atoms with Crippen LogP contribution in [-0.4, -0.2) is 95.9 Å². The highest BCUT2D eigenvalue weighted by Crippen LogP contribution is 2.45. The first-order valence-electron chi connectivity index (χ1n) is 47.7. The average molecular weight is 1730 g/mol. The van der Waals surface area contributed by atoms with Gasteiger partial charge in [-0.15, -0.1) is 0 Å². The smallest absolute Gasteiger partial charge is 0.463 e. The van der Waals surface area contributed by atoms with Crippen molar-refractivity contribution in [1.29, 1.82) is 0 Å². The topological polar surface area (TPSA) is 231 Å². The maximum absolute atomic E-state index is 13.1. The van der Waals surface area contributed by atoms with E-state index in [0.29, 0.717) is 19.3 Å². The number of ether oxygens (including phenoxy) is 3. The first-order chi connectivity index (χ1) is 59.2. The van der Waals surface area contributed by atoms with Crippen LogP contribution in [0.1, 0.15) is 380 Å². The fraction of sp³-hybridized carbons (Fsp3) is 0.660. The first kappa shape index (κ1) is 115. The number of carbonyl (C=O) groups is 3. The summed E-state index contributed by atoms with van der Waals surface area (Å²) in [6.45, 7) is 2.34. The van der Waals surface area contributed by atoms with Crippen LogP contribution in [0.4, 0.5) is 0 Å². The molecule has 0 spiro atoms. The van der Waals surface area contributed by atoms with Crippen LogP contribution in [0, 0.1) is 0 Å². The predicted molar refractivity (Wildman–Crippen MR) is 509 cm³/mol. The fourth-order valence-corrected chi connectivity index (χ4v) is 14.3. The second kappa shape index (κ2) is 93.5. The standard InChI is InChI=1S/C103H172O16P2/c1-4-7-10-13-16-19-22-25-28-31-34-36-38-40-42-44-46-48-50-52-54-56-58-60-63-65-68-71-74-77-80-83-86-89-101(106)113-92-98(104)93-115-120(109,110)116-94-99(105)95-117-121(111,112)118-97-100(119-103(108)91-88-85-82-79-76-73-70-67-62-33-30-27-24-21-18-15-12-9-6-3)96-114-102(107)90-87-84-81-78-75-72-69-66-64-61-59-57-55-53-51-49-47-45-43-41-39-37-35-32-29-26-23-20-17-14-11-8-5-2/h7-12,16-21,25-30,34-37,40-43,46,48,62,67,73,76,98-100,104-105H,4-6,13-15,22-24,31-33,38-39,44-45,47,49-61,63-66,68-72,74-75,77-97H2,1-3H3,(H,109,110)(H,111,112)/b10-7-,11-8-,12-9-,19-16-,20-17-,21-18-,28-25-,29-26-,30-27-,36-34-,37-35-,42-40-,43-41-,48-46-,67-62-,76-73-. The van der Waals surface area contributed by atoms with E-state index in [0.717, 1.165) is 167 Å². The van der Waals surface area contributed by atoms with Crippen molar-refractivity contribution in [2.24, 2.45) is 0 Å². The van der Waals surface area contributed by atoms with E-state index in [4.69, 9.17) is 32.3 Å². The maximum Gasteiger partial charge on any atom is 0.472 e. The molecule has 0 radical (unpaired) electrons. The lowest BCUT2D eigenvalue weighted by Crippen LogP contribution is -2.30. The Morgan fingerprint density at radius 2 is 0.413 bits per heavy atom. The molecule has 0 fully saturated rings. The Morgan fingerprint density at radius 3 is 0.661 bits per heavy atom. The fourth-order valence-electron chi connectivity index (χ4n) is 12.7. The van der Waals surface area contributed by atoms with Gasteiger partial charge in [0.2, 0.25) is 0 Å². The molecule has 5 atom stereocenters. The van der Waals surface area contributed by atoms with Gasteiger partial charge < -0.3 is 34.2 Å². The molecule has 0 rings (SSSR count). The SMILES string of the molecule is CC/C=C\C/C=C\C/C=C\C/C=C\C/C=C\C/C=C\CCCCCCCCCCCCCCCCC(=O)OCC(O)COP(=O)(O)OCC(O)COP(=O)(O)OCC(COC(=O)CCCCCCCCCCCCCCCCCCC/C=C\C/C=C\C/C=C\C/C=C\C/C=C\CC)OC(=O)CCCCC/C=C\C/C=C\C/C=C\C/C=C\C/C=C\CC. The van der Waals surface area contributed by atoms with Crippen molar-refractivity contribution < 1.29 is 75.8 Å². The van der Waals surface area contributed by atoms with Crippen LogP contribution < -0.4 is 0 Å². The Kier molecular flexibility index (Phi) is 89.2. The highest BCUT2D eigenvalue weighted by molar-refractivity contribution is 7.47. The number of allylic oxidation sites excluding steroid dienone is 32. The molecule has 0 aliphatic heterocycles. The van der Waals surface area contributed by atoms with E-state index in [1.54, 1.807) is 0 Å². The molecular weight excluding hydrogens is 1560 g/mol. The molecular formula is C103H172O16P2. The molecule has 690 valence electrons. The Bertz CT molecular complexity index is 2980. The summed E-state index contributed by atoms with van der Waals surface area (Å²) in [5.41, 5.74) is 0. The Morgan fingerprint density at radius 1 is 0.231 bits per heavy atom. The van der Waals surface area contributed by atoms with Crippen LogP contribution in [0.25, 0.3) is 0 Å². The summed E-state index contributed by atoms with van der Waals surface area (Å²) in [5.74, 6) is -1.61. The second-order valence-corrected chi connectivity index (χ2v) is 34.3. The van der Waals surface area contributed by atoms with E-state index >= 15 is 0 Å². The highest BCUT2D eigenvalue weighted by Gasteiger charge is 2.29. The molecule has 0 aromatic heterocycles. The van der Waals surface area contributed by atoms with Gasteiger partial charge in [0, 0.05) is 19.3 Å². The van der Waals surface area contributed by atoms with Crippen molar-refractivity contribution in [3.63, 3.8) is 0 Å². The lowest BCUT2D eigenvalue weighted by atomic mass is 10.0. The van der Waals surface area contributed by atoms with Crippen molar-refractivity contribution in [3.05, 3.63) is 194 Å². The molecule has 5 unspecified atom stereocenters. The van der Waals surface area contributed by atoms with Crippen LogP contribution in [0.15, 0.2) is 194 Å². The van der Waals surface area contributed by atoms with Gasteiger partial charge in [0.25, 0.3) is 0 Å². The average Bonchev–Trinajstić information content (AvgIpc) is 0.895. The number of carbonyl (C=O) groups excluding carboxylic acids is 3. The van der Waals surface area contributed by atoms with Gasteiger partial charge in [0.15, 0.2) is 6.10 Å². The lowest BCUT2D eigenvalue weighted by molar-refractivity contribution is -0.161. The number of hydrogen-bond acceptors (Lipinski definition) is 14. The summed E-state index contributed by atoms with van der Waals surface area (Å²) >= 11 is 0. The van der Waals surface area contributed by atoms with Crippen LogP contribution in [0.3, 0.4) is 0 Å². The van der Waals surface area contributed by atoms with Crippen molar-refractivity contribution >= 4 is 33.6 Å². The van der Waals surface area contributed by atoms with E-state index in [1.165, 1.54) is 154 Å². The van der Waals surface area contributed by atoms with E-state index < -0.39 is 91.5 Å². The summed E-state index contributed by atoms with van der Waals surface area (Å²) in [7, 11) is -9.83. The predicted octanol–water partition coefficient (Wildman–Crippen LogP) is 29.8. The van der Waals surface area contributed by atoms with Crippen LogP contribution in [0.2, 0.25) is 0 Å². The molecule has 0 aliphatic rings. The quantitative estimate of drug-likeness (QED) is 0.0146. The van der Waals surface area contributed by atoms with Gasteiger partial charge in [-0.05, 0) is 161 Å². The number of aliphatic hydroxyl groups excluding tert-OH is 2. The summed E-state index contributed by atoms with van der Waals surface area (Å²) in [4.78, 5) is 59.0. The third-order valence-corrected chi connectivity index (χ3v) is 21.7. The zero-order chi connectivity index (χ0) is 87.9. The zero-order valence-electron chi connectivity index (χ0n) is 76.1. The molecule has 0 saturated heterocycles. The summed E-state index contributed by atoms with van der Waals surface area (Å²) in [6, 6.07) is 0. The van der Waals surface area contributed by atoms with Gasteiger partial charge in [-0.1, -0.05) is 395 Å². The molecule has 0 aliphatic carbocycles. The Hall–Kier alpha value is -5.61.